The summed E-state index contributed by atoms with van der Waals surface area (Å²) in [6.45, 7) is 0. The van der Waals surface area contributed by atoms with Crippen LogP contribution in [0, 0.1) is 0 Å². The predicted octanol–water partition coefficient (Wildman–Crippen LogP) is -1.33. The van der Waals surface area contributed by atoms with E-state index in [0.29, 0.717) is 0 Å². The summed E-state index contributed by atoms with van der Waals surface area (Å²) in [5.74, 6) is 4.39. The van der Waals surface area contributed by atoms with Crippen LogP contribution in [0.3, 0.4) is 0 Å². The van der Waals surface area contributed by atoms with E-state index in [2.05, 4.69) is 16.2 Å². The second kappa shape index (κ2) is 2.23. The van der Waals surface area contributed by atoms with Gasteiger partial charge < -0.3 is 4.89 Å². The minimum Gasteiger partial charge on any atom is -0.594 e. The zero-order valence-corrected chi connectivity index (χ0v) is 3.35. The Morgan fingerprint density at radius 3 is 2.00 bits per heavy atom. The summed E-state index contributed by atoms with van der Waals surface area (Å²) in [6.07, 6.45) is 0. The molecule has 5 heteroatoms. The Bertz CT molecular complexity index is 44.9. The van der Waals surface area contributed by atoms with Gasteiger partial charge >= 0.3 is 0 Å². The highest BCUT2D eigenvalue weighted by Crippen LogP contribution is 1.90. The molecule has 0 fully saturated rings. The first-order chi connectivity index (χ1) is 2.27. The van der Waals surface area contributed by atoms with Gasteiger partial charge in [-0.3, -0.25) is 0 Å². The maximum absolute atomic E-state index is 9.45. The number of hydrogen-bond acceptors (Lipinski definition) is 2. The van der Waals surface area contributed by atoms with Crippen LogP contribution in [0.2, 0.25) is 0 Å². The SMILES string of the molecule is NN=[P+](N)[O-]. The van der Waals surface area contributed by atoms with Crippen LogP contribution >= 0.6 is 8.09 Å². The van der Waals surface area contributed by atoms with Crippen molar-refractivity contribution in [2.24, 2.45) is 16.2 Å². The molecule has 0 aromatic rings. The Kier molecular flexibility index (Phi) is 2.22. The molecular formula is H4N3OP. The lowest BCUT2D eigenvalue weighted by atomic mass is 13.0. The maximum Gasteiger partial charge on any atom is 0.279 e. The third kappa shape index (κ3) is 3.98. The molecule has 30 valence electrons. The summed E-state index contributed by atoms with van der Waals surface area (Å²) in [6, 6.07) is 0. The first-order valence-corrected chi connectivity index (χ1v) is 2.18. The first-order valence-electron chi connectivity index (χ1n) is 0.899. The molecule has 0 rings (SSSR count). The van der Waals surface area contributed by atoms with Crippen LogP contribution in [-0.4, -0.2) is 0 Å². The largest absolute Gasteiger partial charge is 0.594 e. The summed E-state index contributed by atoms with van der Waals surface area (Å²) in [5, 5.41) is 0. The molecule has 0 aromatic heterocycles. The van der Waals surface area contributed by atoms with Gasteiger partial charge in [-0.1, -0.05) is 0 Å². The monoisotopic (exact) mass is 93.0 g/mol. The van der Waals surface area contributed by atoms with Gasteiger partial charge in [0.2, 0.25) is 0 Å². The van der Waals surface area contributed by atoms with Crippen molar-refractivity contribution < 1.29 is 4.89 Å². The number of nitrogens with zero attached hydrogens (tertiary/aromatic N) is 1. The third-order valence-corrected chi connectivity index (χ3v) is 0.341. The molecule has 0 spiro atoms. The van der Waals surface area contributed by atoms with Crippen LogP contribution < -0.4 is 16.2 Å². The Hall–Kier alpha value is -0.0200. The van der Waals surface area contributed by atoms with Crippen molar-refractivity contribution in [1.29, 1.82) is 0 Å². The van der Waals surface area contributed by atoms with Crippen LogP contribution in [-0.2, 0) is 0 Å². The molecule has 0 radical (unpaired) electrons. The molecule has 0 heterocycles. The second-order valence-corrected chi connectivity index (χ2v) is 1.25. The van der Waals surface area contributed by atoms with Crippen molar-refractivity contribution in [3.05, 3.63) is 0 Å². The lowest BCUT2D eigenvalue weighted by molar-refractivity contribution is -0.155. The molecule has 0 aliphatic rings. The number of nitrogens with two attached hydrogens (primary N) is 2. The van der Waals surface area contributed by atoms with Crippen molar-refractivity contribution in [3.8, 4) is 0 Å². The Morgan fingerprint density at radius 2 is 2.00 bits per heavy atom. The van der Waals surface area contributed by atoms with Crippen LogP contribution in [0.1, 0.15) is 0 Å². The molecule has 0 aliphatic heterocycles. The van der Waals surface area contributed by atoms with Crippen molar-refractivity contribution in [2.75, 3.05) is 0 Å². The highest BCUT2D eigenvalue weighted by Gasteiger charge is 1.69. The van der Waals surface area contributed by atoms with Gasteiger partial charge in [0.1, 0.15) is 0 Å². The normalized spacial score (nSPS) is 12.2. The molecule has 0 saturated carbocycles. The fourth-order valence-electron chi connectivity index (χ4n) is 0. The molecule has 4 N–H and O–H groups in total. The number of rotatable bonds is 0. The van der Waals surface area contributed by atoms with Gasteiger partial charge in [-0.2, -0.15) is 5.84 Å². The average molecular weight is 93.0 g/mol. The Morgan fingerprint density at radius 1 is 1.80 bits per heavy atom. The van der Waals surface area contributed by atoms with Crippen molar-refractivity contribution in [3.63, 3.8) is 0 Å². The van der Waals surface area contributed by atoms with E-state index in [-0.39, 0.29) is 0 Å². The summed E-state index contributed by atoms with van der Waals surface area (Å²) in [4.78, 5) is 12.1. The zero-order chi connectivity index (χ0) is 4.28. The standard InChI is InChI=1S/H4N3OP/c1-3-5(2)4/h1H2,(H2,2,3). The molecule has 0 aromatic carbocycles. The van der Waals surface area contributed by atoms with Crippen LogP contribution in [0.25, 0.3) is 0 Å². The van der Waals surface area contributed by atoms with E-state index >= 15 is 0 Å². The smallest absolute Gasteiger partial charge is 0.279 e. The van der Waals surface area contributed by atoms with Gasteiger partial charge in [0, 0.05) is 0 Å². The molecule has 0 saturated heterocycles. The highest BCUT2D eigenvalue weighted by molar-refractivity contribution is 7.36. The lowest BCUT2D eigenvalue weighted by Gasteiger charge is -1.72. The van der Waals surface area contributed by atoms with E-state index in [4.69, 9.17) is 0 Å². The van der Waals surface area contributed by atoms with Gasteiger partial charge in [-0.15, -0.1) is 5.50 Å². The third-order valence-electron chi connectivity index (χ3n) is 0.114. The quantitative estimate of drug-likeness (QED) is 0.221. The summed E-state index contributed by atoms with van der Waals surface area (Å²) in [5.41, 5.74) is 4.51. The maximum atomic E-state index is 9.45. The molecule has 4 nitrogen and oxygen atoms in total. The molecule has 1 unspecified atom stereocenters. The van der Waals surface area contributed by atoms with Gasteiger partial charge in [-0.05, 0) is 4.85 Å². The van der Waals surface area contributed by atoms with Gasteiger partial charge in [0.25, 0.3) is 8.09 Å². The minimum atomic E-state index is -1.95. The van der Waals surface area contributed by atoms with Crippen LogP contribution in [0.5, 0.6) is 0 Å². The van der Waals surface area contributed by atoms with Crippen LogP contribution in [0.15, 0.2) is 4.85 Å². The molecule has 0 aliphatic carbocycles. The fraction of sp³-hybridized carbons (Fsp3) is 0. The van der Waals surface area contributed by atoms with E-state index in [1.165, 1.54) is 0 Å². The zero-order valence-electron chi connectivity index (χ0n) is 2.46. The van der Waals surface area contributed by atoms with E-state index in [9.17, 15) is 4.89 Å². The van der Waals surface area contributed by atoms with Crippen molar-refractivity contribution in [1.82, 2.24) is 0 Å². The van der Waals surface area contributed by atoms with Crippen LogP contribution in [0.4, 0.5) is 0 Å². The average Bonchev–Trinajstić information content (AvgIpc) is 1.38. The van der Waals surface area contributed by atoms with Crippen molar-refractivity contribution >= 4 is 8.09 Å². The number of hydrogen-bond donors (Lipinski definition) is 2. The second-order valence-electron chi connectivity index (χ2n) is 0.418. The molecule has 0 amide bonds. The lowest BCUT2D eigenvalue weighted by Crippen LogP contribution is -1.96. The topological polar surface area (TPSA) is 87.5 Å². The van der Waals surface area contributed by atoms with Crippen molar-refractivity contribution in [2.45, 2.75) is 0 Å². The van der Waals surface area contributed by atoms with E-state index in [1.54, 1.807) is 0 Å². The molecule has 1 atom stereocenters. The Balaban J connectivity index is 3.14. The molecule has 5 heavy (non-hydrogen) atoms. The Labute approximate surface area is 30.4 Å². The van der Waals surface area contributed by atoms with Gasteiger partial charge in [0.15, 0.2) is 0 Å². The van der Waals surface area contributed by atoms with E-state index in [0.717, 1.165) is 0 Å². The minimum absolute atomic E-state index is 1.95. The van der Waals surface area contributed by atoms with E-state index in [1.807, 2.05) is 0 Å². The summed E-state index contributed by atoms with van der Waals surface area (Å²) < 4.78 is 0. The van der Waals surface area contributed by atoms with Gasteiger partial charge in [-0.25, -0.2) is 0 Å². The predicted molar refractivity (Wildman–Crippen MR) is 17.7 cm³/mol. The summed E-state index contributed by atoms with van der Waals surface area (Å²) >= 11 is 0. The van der Waals surface area contributed by atoms with Gasteiger partial charge in [0.05, 0.1) is 0 Å². The first kappa shape index (κ1) is 4.98. The fourth-order valence-corrected chi connectivity index (χ4v) is 0. The highest BCUT2D eigenvalue weighted by atomic mass is 31.1. The summed E-state index contributed by atoms with van der Waals surface area (Å²) in [7, 11) is -1.95. The molecule has 0 bridgehead atoms. The molecular weight excluding hydrogens is 89.0 g/mol. The van der Waals surface area contributed by atoms with E-state index < -0.39 is 8.09 Å².